The Kier molecular flexibility index (Phi) is 3.30. The van der Waals surface area contributed by atoms with Crippen LogP contribution in [0.2, 0.25) is 0 Å². The lowest BCUT2D eigenvalue weighted by molar-refractivity contribution is -0.160. The number of fused-ring (bicyclic) bond motifs is 1. The highest BCUT2D eigenvalue weighted by atomic mass is 19.4. The van der Waals surface area contributed by atoms with E-state index in [9.17, 15) is 13.2 Å². The first kappa shape index (κ1) is 12.9. The van der Waals surface area contributed by atoms with Gasteiger partial charge in [-0.2, -0.15) is 13.2 Å². The monoisotopic (exact) mass is 257 g/mol. The summed E-state index contributed by atoms with van der Waals surface area (Å²) in [4.78, 5) is 1.67. The molecular weight excluding hydrogens is 243 g/mol. The number of amidine groups is 1. The van der Waals surface area contributed by atoms with Crippen LogP contribution in [-0.2, 0) is 13.1 Å². The third kappa shape index (κ3) is 2.64. The predicted molar refractivity (Wildman–Crippen MR) is 62.0 cm³/mol. The molecule has 1 aromatic carbocycles. The highest BCUT2D eigenvalue weighted by molar-refractivity contribution is 5.80. The fraction of sp³-hybridized carbons (Fsp3) is 0.417. The maximum absolute atomic E-state index is 12.7. The number of halogens is 3. The van der Waals surface area contributed by atoms with E-state index >= 15 is 0 Å². The summed E-state index contributed by atoms with van der Waals surface area (Å²) in [6.45, 7) is 0.708. The van der Waals surface area contributed by atoms with Gasteiger partial charge in [0, 0.05) is 19.6 Å². The topological polar surface area (TPSA) is 53.1 Å². The van der Waals surface area contributed by atoms with Gasteiger partial charge in [-0.1, -0.05) is 24.3 Å². The van der Waals surface area contributed by atoms with Gasteiger partial charge in [0.05, 0.1) is 0 Å². The molecule has 0 bridgehead atoms. The van der Waals surface area contributed by atoms with E-state index in [0.717, 1.165) is 11.1 Å². The van der Waals surface area contributed by atoms with Crippen molar-refractivity contribution in [1.29, 1.82) is 5.41 Å². The summed E-state index contributed by atoms with van der Waals surface area (Å²) in [5.74, 6) is -2.70. The number of nitrogens with one attached hydrogen (secondary N) is 1. The normalized spacial score (nSPS) is 17.5. The zero-order valence-electron chi connectivity index (χ0n) is 9.67. The van der Waals surface area contributed by atoms with Crippen LogP contribution in [0, 0.1) is 11.3 Å². The average molecular weight is 257 g/mol. The first-order valence-corrected chi connectivity index (χ1v) is 5.57. The minimum Gasteiger partial charge on any atom is -0.387 e. The summed E-state index contributed by atoms with van der Waals surface area (Å²) < 4.78 is 38.1. The molecule has 0 aromatic heterocycles. The van der Waals surface area contributed by atoms with Crippen molar-refractivity contribution in [2.45, 2.75) is 19.3 Å². The number of hydrogen-bond donors (Lipinski definition) is 2. The van der Waals surface area contributed by atoms with Gasteiger partial charge in [-0.15, -0.1) is 0 Å². The second-order valence-corrected chi connectivity index (χ2v) is 4.49. The summed E-state index contributed by atoms with van der Waals surface area (Å²) in [5, 5.41) is 7.06. The zero-order chi connectivity index (χ0) is 13.3. The van der Waals surface area contributed by atoms with E-state index in [1.807, 2.05) is 24.3 Å². The van der Waals surface area contributed by atoms with Gasteiger partial charge in [-0.25, -0.2) is 0 Å². The Morgan fingerprint density at radius 2 is 1.78 bits per heavy atom. The second-order valence-electron chi connectivity index (χ2n) is 4.49. The number of alkyl halides is 3. The average Bonchev–Trinajstić information content (AvgIpc) is 2.66. The zero-order valence-corrected chi connectivity index (χ0v) is 9.67. The fourth-order valence-electron chi connectivity index (χ4n) is 2.17. The molecule has 3 nitrogen and oxygen atoms in total. The first-order valence-electron chi connectivity index (χ1n) is 5.57. The Morgan fingerprint density at radius 3 is 2.17 bits per heavy atom. The first-order chi connectivity index (χ1) is 8.38. The summed E-state index contributed by atoms with van der Waals surface area (Å²) in [6.07, 6.45) is -4.46. The molecule has 0 amide bonds. The minimum atomic E-state index is -4.46. The van der Waals surface area contributed by atoms with Gasteiger partial charge >= 0.3 is 6.18 Å². The molecule has 0 aliphatic carbocycles. The van der Waals surface area contributed by atoms with Crippen molar-refractivity contribution < 1.29 is 13.2 Å². The molecule has 1 unspecified atom stereocenters. The smallest absolute Gasteiger partial charge is 0.387 e. The standard InChI is InChI=1S/C12H14F3N3/c13-12(14,15)10(11(16)17)7-18-5-8-3-1-2-4-9(8)6-18/h1-4,10H,5-7H2,(H3,16,17). The number of rotatable bonds is 3. The van der Waals surface area contributed by atoms with Crippen molar-refractivity contribution in [2.24, 2.45) is 11.7 Å². The summed E-state index contributed by atoms with van der Waals surface area (Å²) in [7, 11) is 0. The molecule has 98 valence electrons. The van der Waals surface area contributed by atoms with Crippen molar-refractivity contribution in [3.63, 3.8) is 0 Å². The molecule has 2 rings (SSSR count). The Labute approximate surface area is 103 Å². The van der Waals surface area contributed by atoms with E-state index in [2.05, 4.69) is 0 Å². The Bertz CT molecular complexity index is 431. The minimum absolute atomic E-state index is 0.256. The SMILES string of the molecule is N=C(N)C(CN1Cc2ccccc2C1)C(F)(F)F. The molecule has 1 aliphatic rings. The lowest BCUT2D eigenvalue weighted by Crippen LogP contribution is -2.42. The van der Waals surface area contributed by atoms with Gasteiger partial charge < -0.3 is 5.73 Å². The van der Waals surface area contributed by atoms with E-state index in [0.29, 0.717) is 13.1 Å². The number of nitrogens with two attached hydrogens (primary N) is 1. The van der Waals surface area contributed by atoms with Gasteiger partial charge in [0.1, 0.15) is 11.8 Å². The van der Waals surface area contributed by atoms with E-state index in [-0.39, 0.29) is 6.54 Å². The Hall–Kier alpha value is -1.56. The van der Waals surface area contributed by atoms with Crippen LogP contribution < -0.4 is 5.73 Å². The van der Waals surface area contributed by atoms with Gasteiger partial charge in [0.15, 0.2) is 0 Å². The Morgan fingerprint density at radius 1 is 1.28 bits per heavy atom. The third-order valence-corrected chi connectivity index (χ3v) is 3.12. The van der Waals surface area contributed by atoms with Gasteiger partial charge in [0.2, 0.25) is 0 Å². The van der Waals surface area contributed by atoms with E-state index in [1.54, 1.807) is 4.90 Å². The van der Waals surface area contributed by atoms with Crippen LogP contribution in [0.1, 0.15) is 11.1 Å². The van der Waals surface area contributed by atoms with Crippen LogP contribution >= 0.6 is 0 Å². The molecular formula is C12H14F3N3. The molecule has 0 fully saturated rings. The van der Waals surface area contributed by atoms with Crippen LogP contribution in [0.3, 0.4) is 0 Å². The molecule has 6 heteroatoms. The molecule has 18 heavy (non-hydrogen) atoms. The largest absolute Gasteiger partial charge is 0.399 e. The number of nitrogens with zero attached hydrogens (tertiary/aromatic N) is 1. The fourth-order valence-corrected chi connectivity index (χ4v) is 2.17. The van der Waals surface area contributed by atoms with Crippen molar-refractivity contribution in [3.05, 3.63) is 35.4 Å². The van der Waals surface area contributed by atoms with Gasteiger partial charge in [0.25, 0.3) is 0 Å². The summed E-state index contributed by atoms with van der Waals surface area (Å²) in [6, 6.07) is 7.56. The van der Waals surface area contributed by atoms with Crippen LogP contribution in [-0.4, -0.2) is 23.5 Å². The predicted octanol–water partition coefficient (Wildman–Crippen LogP) is 2.12. The summed E-state index contributed by atoms with van der Waals surface area (Å²) >= 11 is 0. The van der Waals surface area contributed by atoms with Crippen LogP contribution in [0.15, 0.2) is 24.3 Å². The van der Waals surface area contributed by atoms with Crippen molar-refractivity contribution in [1.82, 2.24) is 4.90 Å². The molecule has 1 atom stereocenters. The molecule has 3 N–H and O–H groups in total. The summed E-state index contributed by atoms with van der Waals surface area (Å²) in [5.41, 5.74) is 7.13. The highest BCUT2D eigenvalue weighted by Crippen LogP contribution is 2.30. The maximum atomic E-state index is 12.7. The molecule has 0 radical (unpaired) electrons. The van der Waals surface area contributed by atoms with Crippen molar-refractivity contribution in [3.8, 4) is 0 Å². The van der Waals surface area contributed by atoms with Crippen LogP contribution in [0.4, 0.5) is 13.2 Å². The van der Waals surface area contributed by atoms with Crippen LogP contribution in [0.25, 0.3) is 0 Å². The number of hydrogen-bond acceptors (Lipinski definition) is 2. The highest BCUT2D eigenvalue weighted by Gasteiger charge is 2.43. The molecule has 0 spiro atoms. The molecule has 0 saturated carbocycles. The number of benzene rings is 1. The molecule has 1 aliphatic heterocycles. The van der Waals surface area contributed by atoms with Gasteiger partial charge in [-0.05, 0) is 11.1 Å². The van der Waals surface area contributed by atoms with Crippen molar-refractivity contribution >= 4 is 5.84 Å². The van der Waals surface area contributed by atoms with E-state index in [1.165, 1.54) is 0 Å². The molecule has 0 saturated heterocycles. The van der Waals surface area contributed by atoms with Gasteiger partial charge in [-0.3, -0.25) is 10.3 Å². The Balaban J connectivity index is 2.06. The lowest BCUT2D eigenvalue weighted by Gasteiger charge is -2.24. The second kappa shape index (κ2) is 4.61. The lowest BCUT2D eigenvalue weighted by atomic mass is 10.1. The quantitative estimate of drug-likeness (QED) is 0.643. The van der Waals surface area contributed by atoms with Crippen molar-refractivity contribution in [2.75, 3.05) is 6.54 Å². The molecule has 1 heterocycles. The molecule has 1 aromatic rings. The van der Waals surface area contributed by atoms with Crippen LogP contribution in [0.5, 0.6) is 0 Å². The van der Waals surface area contributed by atoms with E-state index in [4.69, 9.17) is 11.1 Å². The maximum Gasteiger partial charge on any atom is 0.399 e. The van der Waals surface area contributed by atoms with E-state index < -0.39 is 17.9 Å². The third-order valence-electron chi connectivity index (χ3n) is 3.12.